The van der Waals surface area contributed by atoms with Gasteiger partial charge in [0, 0.05) is 30.0 Å². The van der Waals surface area contributed by atoms with Gasteiger partial charge >= 0.3 is 0 Å². The van der Waals surface area contributed by atoms with Gasteiger partial charge in [-0.1, -0.05) is 13.0 Å². The summed E-state index contributed by atoms with van der Waals surface area (Å²) in [6.07, 6.45) is 5.16. The molecule has 0 aromatic heterocycles. The normalized spacial score (nSPS) is 28.1. The molecule has 4 heteroatoms. The van der Waals surface area contributed by atoms with Crippen LogP contribution in [0, 0.1) is 5.92 Å². The Morgan fingerprint density at radius 3 is 2.62 bits per heavy atom. The standard InChI is InChI=1S/C17H25N3O/c1-11-4-6-12(7-5-11)20(3)13-8-9-14-15(10-13)19-17(21)16(14)18-2/h8-12,16,18H,4-7H2,1-3H3,(H,19,21). The minimum atomic E-state index is -0.213. The lowest BCUT2D eigenvalue weighted by molar-refractivity contribution is -0.117. The zero-order valence-corrected chi connectivity index (χ0v) is 13.1. The fourth-order valence-corrected chi connectivity index (χ4v) is 3.60. The number of benzene rings is 1. The highest BCUT2D eigenvalue weighted by Gasteiger charge is 2.30. The highest BCUT2D eigenvalue weighted by atomic mass is 16.2. The minimum absolute atomic E-state index is 0.0406. The van der Waals surface area contributed by atoms with E-state index in [1.165, 1.54) is 31.4 Å². The van der Waals surface area contributed by atoms with Gasteiger partial charge in [0.15, 0.2) is 0 Å². The molecule has 1 aliphatic heterocycles. The molecule has 1 saturated carbocycles. The number of rotatable bonds is 3. The van der Waals surface area contributed by atoms with Crippen LogP contribution in [0.3, 0.4) is 0 Å². The molecule has 1 heterocycles. The Labute approximate surface area is 126 Å². The largest absolute Gasteiger partial charge is 0.372 e. The number of anilines is 2. The molecule has 1 fully saturated rings. The summed E-state index contributed by atoms with van der Waals surface area (Å²) in [5, 5.41) is 6.04. The topological polar surface area (TPSA) is 44.4 Å². The second-order valence-electron chi connectivity index (χ2n) is 6.51. The average molecular weight is 287 g/mol. The van der Waals surface area contributed by atoms with E-state index in [1.54, 1.807) is 0 Å². The van der Waals surface area contributed by atoms with E-state index >= 15 is 0 Å². The van der Waals surface area contributed by atoms with E-state index in [0.717, 1.165) is 17.2 Å². The van der Waals surface area contributed by atoms with Crippen LogP contribution in [0.25, 0.3) is 0 Å². The molecule has 0 saturated heterocycles. The van der Waals surface area contributed by atoms with Crippen LogP contribution >= 0.6 is 0 Å². The van der Waals surface area contributed by atoms with Gasteiger partial charge in [0.1, 0.15) is 6.04 Å². The van der Waals surface area contributed by atoms with Crippen molar-refractivity contribution in [2.75, 3.05) is 24.3 Å². The van der Waals surface area contributed by atoms with Crippen molar-refractivity contribution in [2.24, 2.45) is 5.92 Å². The van der Waals surface area contributed by atoms with Crippen LogP contribution in [0.15, 0.2) is 18.2 Å². The molecular weight excluding hydrogens is 262 g/mol. The predicted octanol–water partition coefficient (Wildman–Crippen LogP) is 2.91. The van der Waals surface area contributed by atoms with Crippen molar-refractivity contribution in [2.45, 2.75) is 44.7 Å². The molecule has 2 N–H and O–H groups in total. The van der Waals surface area contributed by atoms with Crippen molar-refractivity contribution < 1.29 is 4.79 Å². The molecular formula is C17H25N3O. The fourth-order valence-electron chi connectivity index (χ4n) is 3.60. The molecule has 114 valence electrons. The van der Waals surface area contributed by atoms with Gasteiger partial charge in [0.25, 0.3) is 0 Å². The third-order valence-corrected chi connectivity index (χ3v) is 5.10. The van der Waals surface area contributed by atoms with Gasteiger partial charge in [-0.25, -0.2) is 0 Å². The van der Waals surface area contributed by atoms with Crippen LogP contribution in [0.1, 0.15) is 44.2 Å². The summed E-state index contributed by atoms with van der Waals surface area (Å²) in [5.74, 6) is 0.907. The monoisotopic (exact) mass is 287 g/mol. The molecule has 21 heavy (non-hydrogen) atoms. The maximum Gasteiger partial charge on any atom is 0.246 e. The summed E-state index contributed by atoms with van der Waals surface area (Å²) >= 11 is 0. The predicted molar refractivity (Wildman–Crippen MR) is 86.7 cm³/mol. The van der Waals surface area contributed by atoms with E-state index in [-0.39, 0.29) is 11.9 Å². The summed E-state index contributed by atoms with van der Waals surface area (Å²) in [7, 11) is 4.00. The summed E-state index contributed by atoms with van der Waals surface area (Å²) in [4.78, 5) is 14.3. The molecule has 1 amide bonds. The van der Waals surface area contributed by atoms with Crippen molar-refractivity contribution in [3.8, 4) is 0 Å². The molecule has 4 nitrogen and oxygen atoms in total. The second-order valence-corrected chi connectivity index (χ2v) is 6.51. The maximum atomic E-state index is 11.9. The van der Waals surface area contributed by atoms with Gasteiger partial charge in [-0.2, -0.15) is 0 Å². The highest BCUT2D eigenvalue weighted by Crippen LogP contribution is 2.35. The van der Waals surface area contributed by atoms with Crippen LogP contribution in [0.4, 0.5) is 11.4 Å². The van der Waals surface area contributed by atoms with Crippen LogP contribution in [0.2, 0.25) is 0 Å². The first-order chi connectivity index (χ1) is 10.1. The fraction of sp³-hybridized carbons (Fsp3) is 0.588. The minimum Gasteiger partial charge on any atom is -0.372 e. The lowest BCUT2D eigenvalue weighted by Gasteiger charge is -2.35. The summed E-state index contributed by atoms with van der Waals surface area (Å²) in [6, 6.07) is 6.74. The van der Waals surface area contributed by atoms with Crippen LogP contribution < -0.4 is 15.5 Å². The Hall–Kier alpha value is -1.55. The van der Waals surface area contributed by atoms with Gasteiger partial charge < -0.3 is 15.5 Å². The van der Waals surface area contributed by atoms with Gasteiger partial charge in [-0.3, -0.25) is 4.79 Å². The van der Waals surface area contributed by atoms with Crippen molar-refractivity contribution in [1.82, 2.24) is 5.32 Å². The third kappa shape index (κ3) is 2.64. The third-order valence-electron chi connectivity index (χ3n) is 5.10. The van der Waals surface area contributed by atoms with E-state index < -0.39 is 0 Å². The molecule has 1 aliphatic carbocycles. The number of nitrogens with zero attached hydrogens (tertiary/aromatic N) is 1. The Morgan fingerprint density at radius 1 is 1.24 bits per heavy atom. The number of nitrogens with one attached hydrogen (secondary N) is 2. The van der Waals surface area contributed by atoms with Crippen molar-refractivity contribution in [3.63, 3.8) is 0 Å². The first kappa shape index (κ1) is 14.4. The SMILES string of the molecule is CNC1C(=O)Nc2cc(N(C)C3CCC(C)CC3)ccc21. The number of carbonyl (C=O) groups is 1. The summed E-state index contributed by atoms with van der Waals surface area (Å²) in [5.41, 5.74) is 3.20. The molecule has 1 aromatic rings. The lowest BCUT2D eigenvalue weighted by Crippen LogP contribution is -2.34. The van der Waals surface area contributed by atoms with Crippen molar-refractivity contribution in [3.05, 3.63) is 23.8 Å². The van der Waals surface area contributed by atoms with Gasteiger partial charge in [-0.05, 0) is 50.8 Å². The number of fused-ring (bicyclic) bond motifs is 1. The van der Waals surface area contributed by atoms with E-state index in [2.05, 4.69) is 47.7 Å². The highest BCUT2D eigenvalue weighted by molar-refractivity contribution is 6.03. The van der Waals surface area contributed by atoms with Gasteiger partial charge in [0.05, 0.1) is 0 Å². The molecule has 1 aromatic carbocycles. The summed E-state index contributed by atoms with van der Waals surface area (Å²) in [6.45, 7) is 2.35. The molecule has 2 aliphatic rings. The molecule has 3 rings (SSSR count). The summed E-state index contributed by atoms with van der Waals surface area (Å²) < 4.78 is 0. The Morgan fingerprint density at radius 2 is 1.95 bits per heavy atom. The van der Waals surface area contributed by atoms with Crippen molar-refractivity contribution in [1.29, 1.82) is 0 Å². The quantitative estimate of drug-likeness (QED) is 0.898. The van der Waals surface area contributed by atoms with Crippen LogP contribution in [-0.4, -0.2) is 26.0 Å². The van der Waals surface area contributed by atoms with E-state index in [9.17, 15) is 4.79 Å². The Kier molecular flexibility index (Phi) is 3.89. The smallest absolute Gasteiger partial charge is 0.246 e. The maximum absolute atomic E-state index is 11.9. The zero-order valence-electron chi connectivity index (χ0n) is 13.1. The molecule has 0 radical (unpaired) electrons. The van der Waals surface area contributed by atoms with Gasteiger partial charge in [0.2, 0.25) is 5.91 Å². The van der Waals surface area contributed by atoms with Crippen LogP contribution in [-0.2, 0) is 4.79 Å². The van der Waals surface area contributed by atoms with Crippen LogP contribution in [0.5, 0.6) is 0 Å². The Bertz CT molecular complexity index is 535. The number of hydrogen-bond acceptors (Lipinski definition) is 3. The number of carbonyl (C=O) groups excluding carboxylic acids is 1. The average Bonchev–Trinajstić information content (AvgIpc) is 2.81. The van der Waals surface area contributed by atoms with E-state index in [0.29, 0.717) is 6.04 Å². The first-order valence-corrected chi connectivity index (χ1v) is 7.95. The molecule has 0 spiro atoms. The van der Waals surface area contributed by atoms with Gasteiger partial charge in [-0.15, -0.1) is 0 Å². The van der Waals surface area contributed by atoms with E-state index in [4.69, 9.17) is 0 Å². The molecule has 0 bridgehead atoms. The number of amides is 1. The molecule has 1 atom stereocenters. The lowest BCUT2D eigenvalue weighted by atomic mass is 9.86. The number of likely N-dealkylation sites (N-methyl/N-ethyl adjacent to an activating group) is 1. The van der Waals surface area contributed by atoms with E-state index in [1.807, 2.05) is 7.05 Å². The molecule has 1 unspecified atom stereocenters. The zero-order chi connectivity index (χ0) is 15.0. The Balaban J connectivity index is 1.78. The van der Waals surface area contributed by atoms with Crippen molar-refractivity contribution >= 4 is 17.3 Å². The first-order valence-electron chi connectivity index (χ1n) is 7.95. The second kappa shape index (κ2) is 5.68. The number of hydrogen-bond donors (Lipinski definition) is 2.